The fraction of sp³-hybridized carbons (Fsp3) is 0.208. The van der Waals surface area contributed by atoms with Crippen molar-refractivity contribution in [3.05, 3.63) is 81.8 Å². The first-order valence-corrected chi connectivity index (χ1v) is 12.5. The molecular weight excluding hydrogens is 483 g/mol. The number of anilines is 2. The summed E-state index contributed by atoms with van der Waals surface area (Å²) in [6, 6.07) is 16.0. The van der Waals surface area contributed by atoms with Crippen LogP contribution in [0, 0.1) is 0 Å². The lowest BCUT2D eigenvalue weighted by atomic mass is 10.1. The van der Waals surface area contributed by atoms with Crippen molar-refractivity contribution in [1.29, 1.82) is 0 Å². The molecule has 0 saturated carbocycles. The van der Waals surface area contributed by atoms with Crippen molar-refractivity contribution in [2.45, 2.75) is 31.1 Å². The number of amides is 1. The Morgan fingerprint density at radius 3 is 2.36 bits per heavy atom. The van der Waals surface area contributed by atoms with Crippen molar-refractivity contribution in [3.63, 3.8) is 0 Å². The number of sulfonamides is 1. The predicted molar refractivity (Wildman–Crippen MR) is 133 cm³/mol. The molecule has 1 amide bonds. The van der Waals surface area contributed by atoms with Crippen molar-refractivity contribution >= 4 is 50.5 Å². The molecule has 6 nitrogen and oxygen atoms in total. The van der Waals surface area contributed by atoms with E-state index in [2.05, 4.69) is 17.0 Å². The maximum Gasteiger partial charge on any atom is 0.261 e. The quantitative estimate of drug-likeness (QED) is 0.351. The zero-order chi connectivity index (χ0) is 24.0. The second-order valence-electron chi connectivity index (χ2n) is 7.35. The fourth-order valence-electron chi connectivity index (χ4n) is 3.15. The lowest BCUT2D eigenvalue weighted by Gasteiger charge is -2.14. The highest BCUT2D eigenvalue weighted by Crippen LogP contribution is 2.30. The zero-order valence-corrected chi connectivity index (χ0v) is 20.5. The highest BCUT2D eigenvalue weighted by molar-refractivity contribution is 7.92. The molecule has 3 aromatic carbocycles. The number of aryl methyl sites for hydroxylation is 1. The summed E-state index contributed by atoms with van der Waals surface area (Å²) in [5, 5.41) is 3.23. The van der Waals surface area contributed by atoms with Crippen molar-refractivity contribution in [3.8, 4) is 5.75 Å². The minimum Gasteiger partial charge on any atom is -0.495 e. The van der Waals surface area contributed by atoms with E-state index in [1.807, 2.05) is 12.1 Å². The molecule has 0 unspecified atom stereocenters. The van der Waals surface area contributed by atoms with Gasteiger partial charge in [-0.3, -0.25) is 9.52 Å². The molecule has 0 heterocycles. The summed E-state index contributed by atoms with van der Waals surface area (Å²) >= 11 is 12.0. The first-order chi connectivity index (χ1) is 15.7. The number of rotatable bonds is 9. The number of hydrogen-bond acceptors (Lipinski definition) is 4. The molecule has 0 aliphatic rings. The van der Waals surface area contributed by atoms with Gasteiger partial charge in [0.1, 0.15) is 5.75 Å². The van der Waals surface area contributed by atoms with Crippen molar-refractivity contribution < 1.29 is 17.9 Å². The Bertz CT molecular complexity index is 1250. The van der Waals surface area contributed by atoms with Crippen molar-refractivity contribution in [2.24, 2.45) is 0 Å². The average Bonchev–Trinajstić information content (AvgIpc) is 2.78. The Labute approximate surface area is 203 Å². The summed E-state index contributed by atoms with van der Waals surface area (Å²) in [6.07, 6.45) is 3.12. The molecule has 0 fully saturated rings. The van der Waals surface area contributed by atoms with Crippen LogP contribution in [0.15, 0.2) is 65.6 Å². The highest BCUT2D eigenvalue weighted by atomic mass is 35.5. The van der Waals surface area contributed by atoms with E-state index in [1.54, 1.807) is 12.1 Å². The van der Waals surface area contributed by atoms with Gasteiger partial charge >= 0.3 is 0 Å². The molecular formula is C24H24Cl2N2O4S. The minimum atomic E-state index is -3.91. The second kappa shape index (κ2) is 10.9. The molecule has 9 heteroatoms. The van der Waals surface area contributed by atoms with Crippen molar-refractivity contribution in [2.75, 3.05) is 17.1 Å². The monoisotopic (exact) mass is 506 g/mol. The molecule has 3 rings (SSSR count). The van der Waals surface area contributed by atoms with Gasteiger partial charge in [-0.1, -0.05) is 48.7 Å². The molecule has 0 atom stereocenters. The Balaban J connectivity index is 1.83. The Morgan fingerprint density at radius 2 is 1.73 bits per heavy atom. The number of benzene rings is 3. The summed E-state index contributed by atoms with van der Waals surface area (Å²) in [6.45, 7) is 2.12. The Morgan fingerprint density at radius 1 is 1.00 bits per heavy atom. The lowest BCUT2D eigenvalue weighted by molar-refractivity contribution is 0.102. The van der Waals surface area contributed by atoms with E-state index in [9.17, 15) is 13.2 Å². The second-order valence-corrected chi connectivity index (χ2v) is 9.87. The van der Waals surface area contributed by atoms with Gasteiger partial charge in [0, 0.05) is 10.7 Å². The van der Waals surface area contributed by atoms with Crippen LogP contribution in [0.1, 0.15) is 35.7 Å². The number of unbranched alkanes of at least 4 members (excludes halogenated alkanes) is 1. The van der Waals surface area contributed by atoms with Gasteiger partial charge in [-0.05, 0) is 66.9 Å². The standard InChI is InChI=1S/C24H24Cl2N2O4S/c1-3-4-5-16-6-9-18(10-7-16)28-33(30,31)19-11-13-23(32-2)22(15-19)27-24(29)20-12-8-17(25)14-21(20)26/h6-15,28H,3-5H2,1-2H3,(H,27,29). The van der Waals surface area contributed by atoms with Gasteiger partial charge in [0.05, 0.1) is 28.3 Å². The summed E-state index contributed by atoms with van der Waals surface area (Å²) in [4.78, 5) is 12.7. The maximum absolute atomic E-state index is 13.0. The van der Waals surface area contributed by atoms with Crippen LogP contribution >= 0.6 is 23.2 Å². The molecule has 174 valence electrons. The predicted octanol–water partition coefficient (Wildman–Crippen LogP) is 6.40. The van der Waals surface area contributed by atoms with Crippen LogP contribution in [-0.4, -0.2) is 21.4 Å². The zero-order valence-electron chi connectivity index (χ0n) is 18.2. The molecule has 33 heavy (non-hydrogen) atoms. The summed E-state index contributed by atoms with van der Waals surface area (Å²) < 4.78 is 33.8. The molecule has 0 aliphatic carbocycles. The number of halogens is 2. The molecule has 0 radical (unpaired) electrons. The number of hydrogen-bond donors (Lipinski definition) is 2. The highest BCUT2D eigenvalue weighted by Gasteiger charge is 2.19. The third kappa shape index (κ3) is 6.41. The van der Waals surface area contributed by atoms with Crippen LogP contribution in [0.5, 0.6) is 5.75 Å². The fourth-order valence-corrected chi connectivity index (χ4v) is 4.73. The first-order valence-electron chi connectivity index (χ1n) is 10.3. The van der Waals surface area contributed by atoms with Gasteiger partial charge in [0.15, 0.2) is 0 Å². The van der Waals surface area contributed by atoms with E-state index in [1.165, 1.54) is 43.5 Å². The van der Waals surface area contributed by atoms with E-state index in [0.29, 0.717) is 16.5 Å². The van der Waals surface area contributed by atoms with Crippen LogP contribution in [0.3, 0.4) is 0 Å². The van der Waals surface area contributed by atoms with Crippen LogP contribution in [-0.2, 0) is 16.4 Å². The van der Waals surface area contributed by atoms with E-state index in [0.717, 1.165) is 24.8 Å². The normalized spacial score (nSPS) is 11.2. The average molecular weight is 507 g/mol. The number of methoxy groups -OCH3 is 1. The van der Waals surface area contributed by atoms with Gasteiger partial charge in [-0.15, -0.1) is 0 Å². The third-order valence-corrected chi connectivity index (χ3v) is 6.86. The van der Waals surface area contributed by atoms with E-state index >= 15 is 0 Å². The van der Waals surface area contributed by atoms with Crippen molar-refractivity contribution in [1.82, 2.24) is 0 Å². The molecule has 0 bridgehead atoms. The number of nitrogens with one attached hydrogen (secondary N) is 2. The van der Waals surface area contributed by atoms with Gasteiger partial charge in [0.2, 0.25) is 0 Å². The largest absolute Gasteiger partial charge is 0.495 e. The molecule has 0 aromatic heterocycles. The SMILES string of the molecule is CCCCc1ccc(NS(=O)(=O)c2ccc(OC)c(NC(=O)c3ccc(Cl)cc3Cl)c2)cc1. The first kappa shape index (κ1) is 24.9. The summed E-state index contributed by atoms with van der Waals surface area (Å²) in [5.41, 5.74) is 1.98. The van der Waals surface area contributed by atoms with Gasteiger partial charge in [0.25, 0.3) is 15.9 Å². The van der Waals surface area contributed by atoms with Crippen LogP contribution in [0.2, 0.25) is 10.0 Å². The van der Waals surface area contributed by atoms with Crippen LogP contribution < -0.4 is 14.8 Å². The maximum atomic E-state index is 13.0. The Kier molecular flexibility index (Phi) is 8.24. The van der Waals surface area contributed by atoms with Gasteiger partial charge < -0.3 is 10.1 Å². The van der Waals surface area contributed by atoms with Gasteiger partial charge in [-0.2, -0.15) is 0 Å². The van der Waals surface area contributed by atoms with Crippen LogP contribution in [0.4, 0.5) is 11.4 Å². The van der Waals surface area contributed by atoms with E-state index in [-0.39, 0.29) is 21.2 Å². The lowest BCUT2D eigenvalue weighted by Crippen LogP contribution is -2.16. The molecule has 0 saturated heterocycles. The topological polar surface area (TPSA) is 84.5 Å². The summed E-state index contributed by atoms with van der Waals surface area (Å²) in [5.74, 6) is -0.229. The molecule has 0 aliphatic heterocycles. The third-order valence-electron chi connectivity index (χ3n) is 4.93. The Hall–Kier alpha value is -2.74. The van der Waals surface area contributed by atoms with E-state index in [4.69, 9.17) is 27.9 Å². The van der Waals surface area contributed by atoms with Gasteiger partial charge in [-0.25, -0.2) is 8.42 Å². The number of ether oxygens (including phenoxy) is 1. The summed E-state index contributed by atoms with van der Waals surface area (Å²) in [7, 11) is -2.48. The van der Waals surface area contributed by atoms with Crippen LogP contribution in [0.25, 0.3) is 0 Å². The number of carbonyl (C=O) groups is 1. The molecule has 0 spiro atoms. The number of carbonyl (C=O) groups excluding carboxylic acids is 1. The van der Waals surface area contributed by atoms with E-state index < -0.39 is 15.9 Å². The smallest absolute Gasteiger partial charge is 0.261 e. The molecule has 3 aromatic rings. The molecule has 2 N–H and O–H groups in total. The minimum absolute atomic E-state index is 0.0316.